The molecule has 0 aromatic carbocycles. The highest BCUT2D eigenvalue weighted by Crippen LogP contribution is 2.19. The molecule has 2 aromatic heterocycles. The quantitative estimate of drug-likeness (QED) is 0.425. The van der Waals surface area contributed by atoms with Crippen molar-refractivity contribution in [2.75, 3.05) is 5.88 Å². The number of hydrogen-bond acceptors (Lipinski definition) is 2. The summed E-state index contributed by atoms with van der Waals surface area (Å²) in [5.41, 5.74) is 2.21. The maximum Gasteiger partial charge on any atom is 0.156 e. The Hall–Kier alpha value is -1.24. The highest BCUT2D eigenvalue weighted by molar-refractivity contribution is 6.33. The van der Waals surface area contributed by atoms with Gasteiger partial charge in [0.15, 0.2) is 5.15 Å². The van der Waals surface area contributed by atoms with Gasteiger partial charge in [-0.1, -0.05) is 23.4 Å². The van der Waals surface area contributed by atoms with Crippen molar-refractivity contribution >= 4 is 34.2 Å². The molecule has 0 unspecified atom stereocenters. The van der Waals surface area contributed by atoms with E-state index in [2.05, 4.69) is 26.8 Å². The molecule has 0 bridgehead atoms. The molecule has 3 nitrogen and oxygen atoms in total. The Bertz CT molecular complexity index is 522. The van der Waals surface area contributed by atoms with Crippen molar-refractivity contribution in [1.82, 2.24) is 15.0 Å². The van der Waals surface area contributed by atoms with Crippen molar-refractivity contribution in [3.63, 3.8) is 0 Å². The minimum absolute atomic E-state index is 0.297. The Labute approximate surface area is 90.5 Å². The zero-order chi connectivity index (χ0) is 9.97. The second-order valence-corrected chi connectivity index (χ2v) is 3.15. The van der Waals surface area contributed by atoms with E-state index in [0.29, 0.717) is 16.5 Å². The van der Waals surface area contributed by atoms with Crippen LogP contribution in [0.5, 0.6) is 0 Å². The number of hydrogen-bond donors (Lipinski definition) is 1. The first-order chi connectivity index (χ1) is 6.83. The van der Waals surface area contributed by atoms with E-state index >= 15 is 0 Å². The van der Waals surface area contributed by atoms with Crippen LogP contribution in [0.4, 0.5) is 0 Å². The second kappa shape index (κ2) is 3.87. The Morgan fingerprint density at radius 1 is 1.43 bits per heavy atom. The van der Waals surface area contributed by atoms with Crippen molar-refractivity contribution in [1.29, 1.82) is 0 Å². The lowest BCUT2D eigenvalue weighted by Gasteiger charge is -1.90. The first-order valence-corrected chi connectivity index (χ1v) is 4.76. The molecule has 2 rings (SSSR count). The third kappa shape index (κ3) is 1.54. The number of halogens is 2. The molecular formula is C9H5Cl2N3. The van der Waals surface area contributed by atoms with E-state index in [1.54, 1.807) is 6.20 Å². The predicted molar refractivity (Wildman–Crippen MR) is 56.5 cm³/mol. The summed E-state index contributed by atoms with van der Waals surface area (Å²) < 4.78 is 0. The fourth-order valence-corrected chi connectivity index (χ4v) is 1.39. The molecule has 0 radical (unpaired) electrons. The molecule has 0 spiro atoms. The van der Waals surface area contributed by atoms with E-state index in [0.717, 1.165) is 11.1 Å². The molecular weight excluding hydrogens is 221 g/mol. The summed E-state index contributed by atoms with van der Waals surface area (Å²) in [5.74, 6) is 5.93. The molecule has 0 atom stereocenters. The van der Waals surface area contributed by atoms with Crippen molar-refractivity contribution < 1.29 is 0 Å². The van der Waals surface area contributed by atoms with Gasteiger partial charge in [-0.2, -0.15) is 0 Å². The van der Waals surface area contributed by atoms with Gasteiger partial charge in [0, 0.05) is 6.20 Å². The van der Waals surface area contributed by atoms with Crippen LogP contribution in [-0.2, 0) is 0 Å². The zero-order valence-corrected chi connectivity index (χ0v) is 8.52. The number of H-pyrrole nitrogens is 1. The van der Waals surface area contributed by atoms with Crippen LogP contribution in [0, 0.1) is 11.8 Å². The third-order valence-corrected chi connectivity index (χ3v) is 2.13. The normalized spacial score (nSPS) is 9.86. The van der Waals surface area contributed by atoms with Crippen molar-refractivity contribution in [2.24, 2.45) is 0 Å². The lowest BCUT2D eigenvalue weighted by atomic mass is 10.3. The Morgan fingerprint density at radius 3 is 3.07 bits per heavy atom. The Kier molecular flexibility index (Phi) is 2.58. The molecule has 0 fully saturated rings. The average molecular weight is 226 g/mol. The summed E-state index contributed by atoms with van der Waals surface area (Å²) in [6.45, 7) is 0. The van der Waals surface area contributed by atoms with Gasteiger partial charge in [0.25, 0.3) is 0 Å². The van der Waals surface area contributed by atoms with E-state index < -0.39 is 0 Å². The molecule has 0 amide bonds. The van der Waals surface area contributed by atoms with Gasteiger partial charge >= 0.3 is 0 Å². The highest BCUT2D eigenvalue weighted by Gasteiger charge is 2.05. The lowest BCUT2D eigenvalue weighted by molar-refractivity contribution is 1.22. The fourth-order valence-electron chi connectivity index (χ4n) is 1.13. The van der Waals surface area contributed by atoms with Crippen LogP contribution in [0.25, 0.3) is 11.0 Å². The first kappa shape index (κ1) is 9.32. The number of fused-ring (bicyclic) bond motifs is 1. The van der Waals surface area contributed by atoms with Gasteiger partial charge in [-0.05, 0) is 0 Å². The summed E-state index contributed by atoms with van der Waals surface area (Å²) in [7, 11) is 0. The number of nitrogens with zero attached hydrogens (tertiary/aromatic N) is 2. The molecule has 0 aliphatic carbocycles. The lowest BCUT2D eigenvalue weighted by Crippen LogP contribution is -1.81. The molecule has 0 saturated heterocycles. The SMILES string of the molecule is ClCC#Cc1c[nH]c2c(Cl)ncnc12. The Balaban J connectivity index is 2.64. The van der Waals surface area contributed by atoms with Crippen LogP contribution in [0.15, 0.2) is 12.5 Å². The Morgan fingerprint density at radius 2 is 2.29 bits per heavy atom. The summed E-state index contributed by atoms with van der Waals surface area (Å²) >= 11 is 11.3. The van der Waals surface area contributed by atoms with Crippen molar-refractivity contribution in [2.45, 2.75) is 0 Å². The number of nitrogens with one attached hydrogen (secondary N) is 1. The van der Waals surface area contributed by atoms with E-state index in [1.807, 2.05) is 0 Å². The molecule has 14 heavy (non-hydrogen) atoms. The van der Waals surface area contributed by atoms with E-state index in [4.69, 9.17) is 23.2 Å². The summed E-state index contributed by atoms with van der Waals surface area (Å²) in [6, 6.07) is 0. The van der Waals surface area contributed by atoms with Crippen LogP contribution < -0.4 is 0 Å². The minimum atomic E-state index is 0.297. The third-order valence-electron chi connectivity index (χ3n) is 1.71. The van der Waals surface area contributed by atoms with Gasteiger partial charge in [-0.3, -0.25) is 0 Å². The number of rotatable bonds is 0. The van der Waals surface area contributed by atoms with Crippen molar-refractivity contribution in [3.05, 3.63) is 23.2 Å². The predicted octanol–water partition coefficient (Wildman–Crippen LogP) is 2.20. The van der Waals surface area contributed by atoms with Gasteiger partial charge in [0.1, 0.15) is 17.4 Å². The van der Waals surface area contributed by atoms with Crippen LogP contribution in [0.3, 0.4) is 0 Å². The van der Waals surface area contributed by atoms with Crippen molar-refractivity contribution in [3.8, 4) is 11.8 Å². The summed E-state index contributed by atoms with van der Waals surface area (Å²) in [5, 5.41) is 0.397. The maximum absolute atomic E-state index is 5.85. The molecule has 1 N–H and O–H groups in total. The van der Waals surface area contributed by atoms with Crippen LogP contribution in [0.2, 0.25) is 5.15 Å². The maximum atomic E-state index is 5.85. The van der Waals surface area contributed by atoms with Gasteiger partial charge in [-0.15, -0.1) is 11.6 Å². The zero-order valence-electron chi connectivity index (χ0n) is 7.01. The van der Waals surface area contributed by atoms with Gasteiger partial charge in [0.2, 0.25) is 0 Å². The van der Waals surface area contributed by atoms with Crippen LogP contribution in [-0.4, -0.2) is 20.8 Å². The van der Waals surface area contributed by atoms with Gasteiger partial charge in [0.05, 0.1) is 11.4 Å². The molecule has 5 heteroatoms. The topological polar surface area (TPSA) is 41.6 Å². The highest BCUT2D eigenvalue weighted by atomic mass is 35.5. The monoisotopic (exact) mass is 225 g/mol. The van der Waals surface area contributed by atoms with E-state index in [1.165, 1.54) is 6.33 Å². The molecule has 0 saturated carbocycles. The molecule has 70 valence electrons. The fraction of sp³-hybridized carbons (Fsp3) is 0.111. The molecule has 0 aliphatic rings. The minimum Gasteiger partial charge on any atom is -0.356 e. The van der Waals surface area contributed by atoms with Gasteiger partial charge in [-0.25, -0.2) is 9.97 Å². The summed E-state index contributed by atoms with van der Waals surface area (Å²) in [6.07, 6.45) is 3.15. The molecule has 0 aliphatic heterocycles. The number of aromatic amines is 1. The van der Waals surface area contributed by atoms with Crippen LogP contribution >= 0.6 is 23.2 Å². The second-order valence-electron chi connectivity index (χ2n) is 2.53. The number of alkyl halides is 1. The first-order valence-electron chi connectivity index (χ1n) is 3.85. The number of aromatic nitrogens is 3. The summed E-state index contributed by atoms with van der Waals surface area (Å²) in [4.78, 5) is 10.9. The largest absolute Gasteiger partial charge is 0.356 e. The molecule has 2 aromatic rings. The van der Waals surface area contributed by atoms with Gasteiger partial charge < -0.3 is 4.98 Å². The smallest absolute Gasteiger partial charge is 0.156 e. The molecule has 2 heterocycles. The van der Waals surface area contributed by atoms with E-state index in [-0.39, 0.29) is 0 Å². The van der Waals surface area contributed by atoms with E-state index in [9.17, 15) is 0 Å². The van der Waals surface area contributed by atoms with Crippen LogP contribution in [0.1, 0.15) is 5.56 Å². The average Bonchev–Trinajstić information content (AvgIpc) is 2.60. The standard InChI is InChI=1S/C9H5Cl2N3/c10-3-1-2-6-4-12-8-7(6)13-5-14-9(8)11/h4-5,12H,3H2.